The van der Waals surface area contributed by atoms with Crippen LogP contribution < -0.4 is 10.9 Å². The number of fused-ring (bicyclic) bond motifs is 3. The van der Waals surface area contributed by atoms with Crippen LogP contribution in [0.5, 0.6) is 0 Å². The zero-order valence-electron chi connectivity index (χ0n) is 13.7. The van der Waals surface area contributed by atoms with Crippen LogP contribution in [0.25, 0.3) is 10.2 Å². The number of hydrogen-bond donors (Lipinski definition) is 1. The number of halogens is 2. The second-order valence-electron chi connectivity index (χ2n) is 6.24. The number of benzene rings is 1. The van der Waals surface area contributed by atoms with Crippen molar-refractivity contribution >= 4 is 56.3 Å². The average molecular weight is 408 g/mol. The van der Waals surface area contributed by atoms with Crippen LogP contribution >= 0.6 is 34.5 Å². The fourth-order valence-electron chi connectivity index (χ4n) is 3.23. The Bertz CT molecular complexity index is 1070. The third kappa shape index (κ3) is 3.24. The Morgan fingerprint density at radius 1 is 1.27 bits per heavy atom. The van der Waals surface area contributed by atoms with Crippen molar-refractivity contribution in [3.05, 3.63) is 55.4 Å². The molecule has 0 atom stereocenters. The maximum Gasteiger partial charge on any atom is 0.262 e. The monoisotopic (exact) mass is 407 g/mol. The Balaban J connectivity index is 1.61. The molecule has 134 valence electrons. The molecule has 1 amide bonds. The quantitative estimate of drug-likeness (QED) is 0.704. The number of anilines is 1. The summed E-state index contributed by atoms with van der Waals surface area (Å²) in [5, 5.41) is 4.21. The van der Waals surface area contributed by atoms with Crippen LogP contribution in [0.3, 0.4) is 0 Å². The molecule has 0 saturated heterocycles. The Labute approximate surface area is 163 Å². The lowest BCUT2D eigenvalue weighted by atomic mass is 9.97. The van der Waals surface area contributed by atoms with Crippen molar-refractivity contribution in [2.45, 2.75) is 32.2 Å². The summed E-state index contributed by atoms with van der Waals surface area (Å²) in [4.78, 5) is 31.6. The number of aromatic nitrogens is 2. The van der Waals surface area contributed by atoms with E-state index in [0.717, 1.165) is 36.1 Å². The summed E-state index contributed by atoms with van der Waals surface area (Å²) in [5.74, 6) is -0.346. The first-order valence-corrected chi connectivity index (χ1v) is 9.85. The first kappa shape index (κ1) is 17.5. The molecule has 0 spiro atoms. The Morgan fingerprint density at radius 2 is 2.08 bits per heavy atom. The summed E-state index contributed by atoms with van der Waals surface area (Å²) in [6, 6.07) is 4.82. The van der Waals surface area contributed by atoms with E-state index in [9.17, 15) is 9.59 Å². The SMILES string of the molecule is O=C(Cn1cnc2sc3c(c2c1=O)CCCC3)Nc1ccc(Cl)cc1Cl. The number of rotatable bonds is 3. The number of thiophene rings is 1. The summed E-state index contributed by atoms with van der Waals surface area (Å²) < 4.78 is 1.35. The molecule has 2 heterocycles. The molecule has 1 aromatic carbocycles. The number of aryl methyl sites for hydroxylation is 2. The first-order chi connectivity index (χ1) is 12.5. The third-order valence-electron chi connectivity index (χ3n) is 4.46. The summed E-state index contributed by atoms with van der Waals surface area (Å²) in [5.41, 5.74) is 1.41. The van der Waals surface area contributed by atoms with Gasteiger partial charge < -0.3 is 5.32 Å². The molecule has 0 fully saturated rings. The number of amides is 1. The van der Waals surface area contributed by atoms with Crippen molar-refractivity contribution in [1.29, 1.82) is 0 Å². The highest BCUT2D eigenvalue weighted by Gasteiger charge is 2.20. The molecule has 1 N–H and O–H groups in total. The van der Waals surface area contributed by atoms with E-state index in [1.165, 1.54) is 15.8 Å². The predicted molar refractivity (Wildman–Crippen MR) is 106 cm³/mol. The van der Waals surface area contributed by atoms with Gasteiger partial charge in [0.25, 0.3) is 5.56 Å². The summed E-state index contributed by atoms with van der Waals surface area (Å²) in [7, 11) is 0. The lowest BCUT2D eigenvalue weighted by molar-refractivity contribution is -0.116. The third-order valence-corrected chi connectivity index (χ3v) is 6.21. The van der Waals surface area contributed by atoms with Crippen LogP contribution in [-0.2, 0) is 24.2 Å². The van der Waals surface area contributed by atoms with Crippen molar-refractivity contribution in [3.8, 4) is 0 Å². The van der Waals surface area contributed by atoms with Gasteiger partial charge in [0, 0.05) is 9.90 Å². The normalized spacial score (nSPS) is 13.6. The number of hydrogen-bond acceptors (Lipinski definition) is 4. The lowest BCUT2D eigenvalue weighted by Gasteiger charge is -2.11. The average Bonchev–Trinajstić information content (AvgIpc) is 2.99. The molecule has 0 bridgehead atoms. The second-order valence-corrected chi connectivity index (χ2v) is 8.17. The molecule has 1 aliphatic rings. The topological polar surface area (TPSA) is 64.0 Å². The fraction of sp³-hybridized carbons (Fsp3) is 0.278. The van der Waals surface area contributed by atoms with Crippen molar-refractivity contribution in [3.63, 3.8) is 0 Å². The minimum atomic E-state index is -0.346. The van der Waals surface area contributed by atoms with E-state index >= 15 is 0 Å². The molecule has 0 unspecified atom stereocenters. The molecule has 0 radical (unpaired) electrons. The molecule has 0 saturated carbocycles. The maximum absolute atomic E-state index is 12.9. The minimum Gasteiger partial charge on any atom is -0.323 e. The molecule has 0 aliphatic heterocycles. The van der Waals surface area contributed by atoms with Gasteiger partial charge in [0.05, 0.1) is 22.4 Å². The maximum atomic E-state index is 12.9. The zero-order chi connectivity index (χ0) is 18.3. The van der Waals surface area contributed by atoms with E-state index in [4.69, 9.17) is 23.2 Å². The number of carbonyl (C=O) groups excluding carboxylic acids is 1. The highest BCUT2D eigenvalue weighted by molar-refractivity contribution is 7.18. The molecule has 2 aromatic heterocycles. The van der Waals surface area contributed by atoms with Gasteiger partial charge in [-0.15, -0.1) is 11.3 Å². The molecule has 4 rings (SSSR count). The second kappa shape index (κ2) is 7.02. The van der Waals surface area contributed by atoms with Gasteiger partial charge in [-0.2, -0.15) is 0 Å². The lowest BCUT2D eigenvalue weighted by Crippen LogP contribution is -2.28. The van der Waals surface area contributed by atoms with Gasteiger partial charge in [-0.1, -0.05) is 23.2 Å². The summed E-state index contributed by atoms with van der Waals surface area (Å²) in [6.45, 7) is -0.120. The van der Waals surface area contributed by atoms with E-state index in [0.29, 0.717) is 21.1 Å². The smallest absolute Gasteiger partial charge is 0.262 e. The van der Waals surface area contributed by atoms with Gasteiger partial charge in [-0.25, -0.2) is 4.98 Å². The van der Waals surface area contributed by atoms with E-state index in [1.54, 1.807) is 29.5 Å². The van der Waals surface area contributed by atoms with Gasteiger partial charge in [-0.3, -0.25) is 14.2 Å². The zero-order valence-corrected chi connectivity index (χ0v) is 16.0. The molecular weight excluding hydrogens is 393 g/mol. The Kier molecular flexibility index (Phi) is 4.73. The molecule has 1 aliphatic carbocycles. The van der Waals surface area contributed by atoms with Crippen molar-refractivity contribution < 1.29 is 4.79 Å². The fourth-order valence-corrected chi connectivity index (χ4v) is 4.90. The van der Waals surface area contributed by atoms with E-state index in [1.807, 2.05) is 0 Å². The number of nitrogens with zero attached hydrogens (tertiary/aromatic N) is 2. The largest absolute Gasteiger partial charge is 0.323 e. The highest BCUT2D eigenvalue weighted by atomic mass is 35.5. The molecule has 5 nitrogen and oxygen atoms in total. The molecule has 8 heteroatoms. The van der Waals surface area contributed by atoms with Gasteiger partial charge >= 0.3 is 0 Å². The molecule has 26 heavy (non-hydrogen) atoms. The van der Waals surface area contributed by atoms with Gasteiger partial charge in [0.15, 0.2) is 0 Å². The Morgan fingerprint density at radius 3 is 2.88 bits per heavy atom. The van der Waals surface area contributed by atoms with Gasteiger partial charge in [-0.05, 0) is 49.4 Å². The minimum absolute atomic E-state index is 0.120. The van der Waals surface area contributed by atoms with E-state index in [2.05, 4.69) is 10.3 Å². The summed E-state index contributed by atoms with van der Waals surface area (Å²) >= 11 is 13.5. The van der Waals surface area contributed by atoms with Gasteiger partial charge in [0.2, 0.25) is 5.91 Å². The van der Waals surface area contributed by atoms with Crippen molar-refractivity contribution in [1.82, 2.24) is 9.55 Å². The highest BCUT2D eigenvalue weighted by Crippen LogP contribution is 2.33. The van der Waals surface area contributed by atoms with Crippen LogP contribution in [0.15, 0.2) is 29.3 Å². The van der Waals surface area contributed by atoms with Crippen LogP contribution in [0.2, 0.25) is 10.0 Å². The van der Waals surface area contributed by atoms with E-state index in [-0.39, 0.29) is 18.0 Å². The molecular formula is C18H15Cl2N3O2S. The van der Waals surface area contributed by atoms with Crippen LogP contribution in [0.1, 0.15) is 23.3 Å². The number of nitrogens with one attached hydrogen (secondary N) is 1. The number of carbonyl (C=O) groups is 1. The van der Waals surface area contributed by atoms with Crippen LogP contribution in [-0.4, -0.2) is 15.5 Å². The van der Waals surface area contributed by atoms with E-state index < -0.39 is 0 Å². The van der Waals surface area contributed by atoms with Crippen molar-refractivity contribution in [2.75, 3.05) is 5.32 Å². The van der Waals surface area contributed by atoms with Crippen molar-refractivity contribution in [2.24, 2.45) is 0 Å². The van der Waals surface area contributed by atoms with Crippen LogP contribution in [0.4, 0.5) is 5.69 Å². The predicted octanol–water partition coefficient (Wildman–Crippen LogP) is 4.28. The standard InChI is InChI=1S/C18H15Cl2N3O2S/c19-10-5-6-13(12(20)7-10)22-15(24)8-23-9-21-17-16(18(23)25)11-3-1-2-4-14(11)26-17/h5-7,9H,1-4,8H2,(H,22,24). The van der Waals surface area contributed by atoms with Crippen LogP contribution in [0, 0.1) is 0 Å². The molecule has 3 aromatic rings. The summed E-state index contributed by atoms with van der Waals surface area (Å²) in [6.07, 6.45) is 5.59. The van der Waals surface area contributed by atoms with Gasteiger partial charge in [0.1, 0.15) is 11.4 Å². The first-order valence-electron chi connectivity index (χ1n) is 8.27. The Hall–Kier alpha value is -1.89.